The Hall–Kier alpha value is -2.21. The number of aromatic nitrogens is 1. The second-order valence-corrected chi connectivity index (χ2v) is 7.67. The number of nitrogens with one attached hydrogen (secondary N) is 1. The molecule has 0 fully saturated rings. The summed E-state index contributed by atoms with van der Waals surface area (Å²) in [7, 11) is 0. The number of halogens is 1. The standard InChI is InChI=1S/C18H11ClN2OS2/c19-11-4-3-5-12(10-11)20-17(22)15-8-9-16(23-15)18-21-13-6-1-2-7-14(13)24-18/h1-10H,(H,20,22). The zero-order valence-electron chi connectivity index (χ0n) is 12.3. The molecule has 4 rings (SSSR count). The van der Waals surface area contributed by atoms with E-state index in [0.717, 1.165) is 20.1 Å². The minimum absolute atomic E-state index is 0.144. The van der Waals surface area contributed by atoms with Crippen LogP contribution in [0, 0.1) is 0 Å². The molecule has 3 nitrogen and oxygen atoms in total. The van der Waals surface area contributed by atoms with Gasteiger partial charge in [0.05, 0.1) is 20.0 Å². The summed E-state index contributed by atoms with van der Waals surface area (Å²) in [5.41, 5.74) is 1.67. The molecule has 2 aromatic carbocycles. The number of hydrogen-bond acceptors (Lipinski definition) is 4. The highest BCUT2D eigenvalue weighted by molar-refractivity contribution is 7.26. The molecule has 1 amide bonds. The van der Waals surface area contributed by atoms with Crippen LogP contribution in [0.1, 0.15) is 9.67 Å². The summed E-state index contributed by atoms with van der Waals surface area (Å²) in [5.74, 6) is -0.144. The lowest BCUT2D eigenvalue weighted by Crippen LogP contribution is -2.09. The van der Waals surface area contributed by atoms with Crippen molar-refractivity contribution < 1.29 is 4.79 Å². The summed E-state index contributed by atoms with van der Waals surface area (Å²) in [5, 5.41) is 4.39. The summed E-state index contributed by atoms with van der Waals surface area (Å²) < 4.78 is 1.14. The van der Waals surface area contributed by atoms with Crippen molar-refractivity contribution in [1.82, 2.24) is 4.98 Å². The highest BCUT2D eigenvalue weighted by atomic mass is 35.5. The minimum atomic E-state index is -0.144. The molecule has 0 aliphatic heterocycles. The third-order valence-corrected chi connectivity index (χ3v) is 5.94. The van der Waals surface area contributed by atoms with E-state index in [-0.39, 0.29) is 5.91 Å². The van der Waals surface area contributed by atoms with E-state index in [1.165, 1.54) is 11.3 Å². The summed E-state index contributed by atoms with van der Waals surface area (Å²) in [6.45, 7) is 0. The smallest absolute Gasteiger partial charge is 0.265 e. The molecular formula is C18H11ClN2OS2. The Kier molecular flexibility index (Phi) is 4.06. The first-order chi connectivity index (χ1) is 11.7. The van der Waals surface area contributed by atoms with Gasteiger partial charge in [-0.3, -0.25) is 4.79 Å². The largest absolute Gasteiger partial charge is 0.321 e. The number of thiophene rings is 1. The topological polar surface area (TPSA) is 42.0 Å². The van der Waals surface area contributed by atoms with Crippen molar-refractivity contribution in [1.29, 1.82) is 0 Å². The molecule has 0 spiro atoms. The van der Waals surface area contributed by atoms with Gasteiger partial charge in [0.25, 0.3) is 5.91 Å². The molecular weight excluding hydrogens is 360 g/mol. The van der Waals surface area contributed by atoms with Gasteiger partial charge in [0.1, 0.15) is 5.01 Å². The van der Waals surface area contributed by atoms with Crippen LogP contribution >= 0.6 is 34.3 Å². The zero-order valence-corrected chi connectivity index (χ0v) is 14.7. The van der Waals surface area contributed by atoms with Crippen molar-refractivity contribution in [2.24, 2.45) is 0 Å². The molecule has 2 heterocycles. The molecule has 0 saturated carbocycles. The molecule has 0 atom stereocenters. The molecule has 0 saturated heterocycles. The molecule has 0 aliphatic rings. The fourth-order valence-corrected chi connectivity index (χ4v) is 4.42. The van der Waals surface area contributed by atoms with Gasteiger partial charge < -0.3 is 5.32 Å². The number of thiazole rings is 1. The van der Waals surface area contributed by atoms with E-state index in [1.54, 1.807) is 29.5 Å². The molecule has 0 aliphatic carbocycles. The number of fused-ring (bicyclic) bond motifs is 1. The van der Waals surface area contributed by atoms with Gasteiger partial charge in [0, 0.05) is 10.7 Å². The highest BCUT2D eigenvalue weighted by Crippen LogP contribution is 2.34. The van der Waals surface area contributed by atoms with Gasteiger partial charge in [-0.25, -0.2) is 4.98 Å². The first kappa shape index (κ1) is 15.3. The van der Waals surface area contributed by atoms with E-state index in [2.05, 4.69) is 16.4 Å². The van der Waals surface area contributed by atoms with Crippen molar-refractivity contribution in [3.63, 3.8) is 0 Å². The van der Waals surface area contributed by atoms with Crippen molar-refractivity contribution in [2.45, 2.75) is 0 Å². The predicted octanol–water partition coefficient (Wildman–Crippen LogP) is 5.93. The second kappa shape index (κ2) is 6.36. The van der Waals surface area contributed by atoms with Gasteiger partial charge >= 0.3 is 0 Å². The molecule has 6 heteroatoms. The van der Waals surface area contributed by atoms with Gasteiger partial charge in [-0.1, -0.05) is 29.8 Å². The Morgan fingerprint density at radius 2 is 1.88 bits per heavy atom. The maximum Gasteiger partial charge on any atom is 0.265 e. The molecule has 0 bridgehead atoms. The average molecular weight is 371 g/mol. The van der Waals surface area contributed by atoms with Crippen molar-refractivity contribution in [2.75, 3.05) is 5.32 Å². The summed E-state index contributed by atoms with van der Waals surface area (Å²) in [4.78, 5) is 18.6. The molecule has 0 unspecified atom stereocenters. The van der Waals surface area contributed by atoms with E-state index < -0.39 is 0 Å². The van der Waals surface area contributed by atoms with Crippen molar-refractivity contribution in [3.05, 3.63) is 70.6 Å². The fourth-order valence-electron chi connectivity index (χ4n) is 2.31. The number of amides is 1. The Labute approximate surface area is 151 Å². The minimum Gasteiger partial charge on any atom is -0.321 e. The highest BCUT2D eigenvalue weighted by Gasteiger charge is 2.13. The monoisotopic (exact) mass is 370 g/mol. The van der Waals surface area contributed by atoms with Gasteiger partial charge in [-0.05, 0) is 42.5 Å². The van der Waals surface area contributed by atoms with Crippen molar-refractivity contribution >= 4 is 56.1 Å². The first-order valence-corrected chi connectivity index (χ1v) is 9.23. The summed E-state index contributed by atoms with van der Waals surface area (Å²) >= 11 is 9.01. The Bertz CT molecular complexity index is 1010. The normalized spacial score (nSPS) is 10.9. The van der Waals surface area contributed by atoms with Crippen LogP contribution in [-0.4, -0.2) is 10.9 Å². The number of benzene rings is 2. The number of para-hydroxylation sites is 1. The van der Waals surface area contributed by atoms with Crippen LogP contribution in [0.3, 0.4) is 0 Å². The van der Waals surface area contributed by atoms with E-state index >= 15 is 0 Å². The molecule has 24 heavy (non-hydrogen) atoms. The maximum atomic E-state index is 12.4. The number of hydrogen-bond donors (Lipinski definition) is 1. The maximum absolute atomic E-state index is 12.4. The third-order valence-electron chi connectivity index (χ3n) is 3.42. The van der Waals surface area contributed by atoms with Gasteiger partial charge in [0.15, 0.2) is 0 Å². The molecule has 4 aromatic rings. The number of anilines is 1. The molecule has 2 aromatic heterocycles. The van der Waals surface area contributed by atoms with Crippen LogP contribution in [0.4, 0.5) is 5.69 Å². The van der Waals surface area contributed by atoms with E-state index in [0.29, 0.717) is 15.6 Å². The van der Waals surface area contributed by atoms with E-state index in [4.69, 9.17) is 11.6 Å². The van der Waals surface area contributed by atoms with Crippen molar-refractivity contribution in [3.8, 4) is 9.88 Å². The SMILES string of the molecule is O=C(Nc1cccc(Cl)c1)c1ccc(-c2nc3ccccc3s2)s1. The number of carbonyl (C=O) groups is 1. The van der Waals surface area contributed by atoms with Gasteiger partial charge in [0.2, 0.25) is 0 Å². The van der Waals surface area contributed by atoms with Crippen LogP contribution in [0.2, 0.25) is 5.02 Å². The first-order valence-electron chi connectivity index (χ1n) is 7.22. The lowest BCUT2D eigenvalue weighted by atomic mass is 10.3. The average Bonchev–Trinajstić information content (AvgIpc) is 3.21. The van der Waals surface area contributed by atoms with Gasteiger partial charge in [-0.15, -0.1) is 22.7 Å². The molecule has 0 radical (unpaired) electrons. The zero-order chi connectivity index (χ0) is 16.5. The number of nitrogens with zero attached hydrogens (tertiary/aromatic N) is 1. The van der Waals surface area contributed by atoms with Crippen LogP contribution in [-0.2, 0) is 0 Å². The van der Waals surface area contributed by atoms with Crippen LogP contribution in [0.25, 0.3) is 20.1 Å². The Balaban J connectivity index is 1.58. The predicted molar refractivity (Wildman–Crippen MR) is 102 cm³/mol. The number of rotatable bonds is 3. The summed E-state index contributed by atoms with van der Waals surface area (Å²) in [6.07, 6.45) is 0. The lowest BCUT2D eigenvalue weighted by molar-refractivity contribution is 0.103. The lowest BCUT2D eigenvalue weighted by Gasteiger charge is -2.03. The third kappa shape index (κ3) is 3.06. The summed E-state index contributed by atoms with van der Waals surface area (Å²) in [6, 6.07) is 18.9. The van der Waals surface area contributed by atoms with Crippen LogP contribution in [0.5, 0.6) is 0 Å². The van der Waals surface area contributed by atoms with Crippen LogP contribution in [0.15, 0.2) is 60.7 Å². The second-order valence-electron chi connectivity index (χ2n) is 5.12. The van der Waals surface area contributed by atoms with Crippen LogP contribution < -0.4 is 5.32 Å². The number of carbonyl (C=O) groups excluding carboxylic acids is 1. The van der Waals surface area contributed by atoms with E-state index in [9.17, 15) is 4.79 Å². The van der Waals surface area contributed by atoms with E-state index in [1.807, 2.05) is 36.4 Å². The van der Waals surface area contributed by atoms with Gasteiger partial charge in [-0.2, -0.15) is 0 Å². The molecule has 118 valence electrons. The Morgan fingerprint density at radius 3 is 2.71 bits per heavy atom. The Morgan fingerprint density at radius 1 is 1.00 bits per heavy atom. The quantitative estimate of drug-likeness (QED) is 0.485. The fraction of sp³-hybridized carbons (Fsp3) is 0. The molecule has 1 N–H and O–H groups in total.